The molecular formula is C17H12Cl2F3N3O3. The van der Waals surface area contributed by atoms with E-state index in [0.717, 1.165) is 6.20 Å². The van der Waals surface area contributed by atoms with Crippen molar-refractivity contribution in [2.75, 3.05) is 0 Å². The van der Waals surface area contributed by atoms with E-state index in [2.05, 4.69) is 10.3 Å². The van der Waals surface area contributed by atoms with E-state index in [9.17, 15) is 27.9 Å². The molecule has 3 atom stereocenters. The molecule has 1 fully saturated rings. The predicted molar refractivity (Wildman–Crippen MR) is 93.9 cm³/mol. The first-order valence-corrected chi connectivity index (χ1v) is 8.57. The zero-order valence-electron chi connectivity index (χ0n) is 13.8. The third kappa shape index (κ3) is 3.52. The van der Waals surface area contributed by atoms with Crippen molar-refractivity contribution in [1.29, 1.82) is 0 Å². The van der Waals surface area contributed by atoms with Crippen molar-refractivity contribution in [2.24, 2.45) is 5.92 Å². The van der Waals surface area contributed by atoms with Gasteiger partial charge in [-0.25, -0.2) is 4.79 Å². The monoisotopic (exact) mass is 433 g/mol. The lowest BCUT2D eigenvalue weighted by atomic mass is 9.77. The molecule has 1 aromatic carbocycles. The maximum Gasteiger partial charge on any atom is 0.437 e. The van der Waals surface area contributed by atoms with E-state index in [1.165, 1.54) is 41.8 Å². The van der Waals surface area contributed by atoms with Crippen LogP contribution in [0.2, 0.25) is 10.0 Å². The second-order valence-corrected chi connectivity index (χ2v) is 6.93. The number of pyridine rings is 1. The molecule has 2 amide bonds. The number of Topliss-reactive ketones (excluding diaryl/α,β-unsaturated/α-hetero) is 1. The molecule has 2 aromatic rings. The van der Waals surface area contributed by atoms with E-state index >= 15 is 0 Å². The standard InChI is InChI=1S/C17H12Cl2F3N3O3/c18-9-3-4-10(11(19)6-9)13-12(14(26)8-2-1-5-23-7-8)16(28,17(20,21)22)25-15(27)24-13/h1-7,12-13,28H,(H2,24,25,27). The van der Waals surface area contributed by atoms with Crippen LogP contribution in [0.1, 0.15) is 22.0 Å². The summed E-state index contributed by atoms with van der Waals surface area (Å²) in [5.74, 6) is -3.27. The molecule has 2 heterocycles. The molecule has 1 aliphatic rings. The van der Waals surface area contributed by atoms with Crippen molar-refractivity contribution in [2.45, 2.75) is 17.9 Å². The van der Waals surface area contributed by atoms with Crippen LogP contribution in [0.15, 0.2) is 42.7 Å². The molecule has 1 aromatic heterocycles. The highest BCUT2D eigenvalue weighted by atomic mass is 35.5. The van der Waals surface area contributed by atoms with Crippen LogP contribution < -0.4 is 10.6 Å². The summed E-state index contributed by atoms with van der Waals surface area (Å²) in [6.45, 7) is 0. The second-order valence-electron chi connectivity index (χ2n) is 6.09. The minimum Gasteiger partial charge on any atom is -0.363 e. The first-order valence-electron chi connectivity index (χ1n) is 7.81. The second kappa shape index (κ2) is 7.23. The van der Waals surface area contributed by atoms with Crippen LogP contribution in [0.5, 0.6) is 0 Å². The lowest BCUT2D eigenvalue weighted by Gasteiger charge is -2.45. The van der Waals surface area contributed by atoms with E-state index in [4.69, 9.17) is 23.2 Å². The Morgan fingerprint density at radius 2 is 1.96 bits per heavy atom. The molecule has 3 rings (SSSR count). The number of ketones is 1. The number of hydrogen-bond acceptors (Lipinski definition) is 4. The Bertz CT molecular complexity index is 927. The minimum absolute atomic E-state index is 0.00849. The van der Waals surface area contributed by atoms with Gasteiger partial charge in [0.25, 0.3) is 0 Å². The van der Waals surface area contributed by atoms with Crippen molar-refractivity contribution in [3.8, 4) is 0 Å². The van der Waals surface area contributed by atoms with Crippen LogP contribution in [0.4, 0.5) is 18.0 Å². The summed E-state index contributed by atoms with van der Waals surface area (Å²) >= 11 is 11.9. The molecule has 148 valence electrons. The Balaban J connectivity index is 2.20. The molecule has 1 aliphatic heterocycles. The molecule has 0 spiro atoms. The number of carbonyl (C=O) groups excluding carboxylic acids is 2. The van der Waals surface area contributed by atoms with Crippen molar-refractivity contribution < 1.29 is 27.9 Å². The van der Waals surface area contributed by atoms with Gasteiger partial charge < -0.3 is 15.7 Å². The van der Waals surface area contributed by atoms with Gasteiger partial charge in [-0.2, -0.15) is 13.2 Å². The maximum absolute atomic E-state index is 13.8. The summed E-state index contributed by atoms with van der Waals surface area (Å²) in [5.41, 5.74) is -4.02. The smallest absolute Gasteiger partial charge is 0.363 e. The van der Waals surface area contributed by atoms with Crippen LogP contribution in [0.25, 0.3) is 0 Å². The number of hydrogen-bond donors (Lipinski definition) is 3. The largest absolute Gasteiger partial charge is 0.437 e. The van der Waals surface area contributed by atoms with Crippen molar-refractivity contribution in [3.05, 3.63) is 63.9 Å². The highest BCUT2D eigenvalue weighted by molar-refractivity contribution is 6.35. The van der Waals surface area contributed by atoms with Gasteiger partial charge in [0.2, 0.25) is 5.72 Å². The summed E-state index contributed by atoms with van der Waals surface area (Å²) in [6.07, 6.45) is -2.96. The average Bonchev–Trinajstić information content (AvgIpc) is 2.60. The van der Waals surface area contributed by atoms with E-state index < -0.39 is 35.7 Å². The van der Waals surface area contributed by atoms with E-state index in [1.54, 1.807) is 0 Å². The fourth-order valence-electron chi connectivity index (χ4n) is 3.04. The molecule has 28 heavy (non-hydrogen) atoms. The molecule has 3 N–H and O–H groups in total. The first kappa shape index (κ1) is 20.4. The Labute approximate surface area is 166 Å². The fourth-order valence-corrected chi connectivity index (χ4v) is 3.57. The molecule has 1 saturated heterocycles. The van der Waals surface area contributed by atoms with Crippen molar-refractivity contribution in [1.82, 2.24) is 15.6 Å². The third-order valence-corrected chi connectivity index (χ3v) is 4.89. The molecule has 6 nitrogen and oxygen atoms in total. The number of amides is 2. The lowest BCUT2D eigenvalue weighted by molar-refractivity contribution is -0.287. The predicted octanol–water partition coefficient (Wildman–Crippen LogP) is 3.49. The van der Waals surface area contributed by atoms with Gasteiger partial charge in [0.15, 0.2) is 5.78 Å². The number of halogens is 5. The average molecular weight is 434 g/mol. The number of aliphatic hydroxyl groups is 1. The van der Waals surface area contributed by atoms with Gasteiger partial charge in [0.05, 0.1) is 6.04 Å². The summed E-state index contributed by atoms with van der Waals surface area (Å²) in [5, 5.41) is 14.2. The highest BCUT2D eigenvalue weighted by Gasteiger charge is 2.66. The normalized spacial score (nSPS) is 25.0. The Kier molecular flexibility index (Phi) is 5.26. The Morgan fingerprint density at radius 3 is 2.54 bits per heavy atom. The van der Waals surface area contributed by atoms with Gasteiger partial charge in [-0.05, 0) is 29.8 Å². The summed E-state index contributed by atoms with van der Waals surface area (Å²) in [7, 11) is 0. The number of nitrogens with zero attached hydrogens (tertiary/aromatic N) is 1. The molecule has 0 radical (unpaired) electrons. The van der Waals surface area contributed by atoms with Gasteiger partial charge >= 0.3 is 12.2 Å². The SMILES string of the molecule is O=C1NC(c2ccc(Cl)cc2Cl)C(C(=O)c2cccnc2)C(O)(C(F)(F)F)N1. The van der Waals surface area contributed by atoms with E-state index in [0.29, 0.717) is 0 Å². The quantitative estimate of drug-likeness (QED) is 0.646. The summed E-state index contributed by atoms with van der Waals surface area (Å²) in [4.78, 5) is 28.6. The summed E-state index contributed by atoms with van der Waals surface area (Å²) in [6, 6.07) is 3.59. The van der Waals surface area contributed by atoms with Gasteiger partial charge in [-0.1, -0.05) is 29.3 Å². The van der Waals surface area contributed by atoms with Crippen molar-refractivity contribution in [3.63, 3.8) is 0 Å². The third-order valence-electron chi connectivity index (χ3n) is 4.33. The number of rotatable bonds is 3. The zero-order valence-corrected chi connectivity index (χ0v) is 15.3. The molecular weight excluding hydrogens is 422 g/mol. The van der Waals surface area contributed by atoms with E-state index in [-0.39, 0.29) is 21.2 Å². The van der Waals surface area contributed by atoms with Crippen LogP contribution >= 0.6 is 23.2 Å². The number of nitrogens with one attached hydrogen (secondary N) is 2. The van der Waals surface area contributed by atoms with Gasteiger partial charge in [0.1, 0.15) is 5.92 Å². The van der Waals surface area contributed by atoms with Crippen LogP contribution in [-0.4, -0.2) is 33.8 Å². The molecule has 0 bridgehead atoms. The first-order chi connectivity index (χ1) is 13.0. The highest BCUT2D eigenvalue weighted by Crippen LogP contribution is 2.45. The van der Waals surface area contributed by atoms with Gasteiger partial charge in [-0.3, -0.25) is 9.78 Å². The number of carbonyl (C=O) groups is 2. The van der Waals surface area contributed by atoms with E-state index in [1.807, 2.05) is 0 Å². The van der Waals surface area contributed by atoms with Gasteiger partial charge in [0, 0.05) is 28.0 Å². The lowest BCUT2D eigenvalue weighted by Crippen LogP contribution is -2.72. The van der Waals surface area contributed by atoms with Crippen molar-refractivity contribution >= 4 is 35.0 Å². The van der Waals surface area contributed by atoms with Crippen LogP contribution in [0.3, 0.4) is 0 Å². The maximum atomic E-state index is 13.8. The number of urea groups is 1. The van der Waals surface area contributed by atoms with Crippen LogP contribution in [0, 0.1) is 5.92 Å². The molecule has 11 heteroatoms. The minimum atomic E-state index is -5.36. The fraction of sp³-hybridized carbons (Fsp3) is 0.235. The molecule has 0 saturated carbocycles. The Morgan fingerprint density at radius 1 is 1.25 bits per heavy atom. The Hall–Kier alpha value is -2.36. The molecule has 3 unspecified atom stereocenters. The summed E-state index contributed by atoms with van der Waals surface area (Å²) < 4.78 is 41.3. The van der Waals surface area contributed by atoms with Gasteiger partial charge in [-0.15, -0.1) is 0 Å². The number of benzene rings is 1. The topological polar surface area (TPSA) is 91.3 Å². The zero-order chi connectivity index (χ0) is 20.7. The number of aromatic nitrogens is 1. The van der Waals surface area contributed by atoms with Crippen LogP contribution in [-0.2, 0) is 0 Å². The number of alkyl halides is 3. The molecule has 0 aliphatic carbocycles.